The number of hydrogen-bond donors (Lipinski definition) is 2. The van der Waals surface area contributed by atoms with Gasteiger partial charge in [0.25, 0.3) is 0 Å². The Kier molecular flexibility index (Phi) is 3.90. The number of hydrogen-bond acceptors (Lipinski definition) is 2. The summed E-state index contributed by atoms with van der Waals surface area (Å²) in [5.41, 5.74) is 7.32. The zero-order valence-corrected chi connectivity index (χ0v) is 11.1. The van der Waals surface area contributed by atoms with Gasteiger partial charge in [0, 0.05) is 11.7 Å². The van der Waals surface area contributed by atoms with E-state index in [-0.39, 0.29) is 5.91 Å². The highest BCUT2D eigenvalue weighted by Crippen LogP contribution is 2.36. The summed E-state index contributed by atoms with van der Waals surface area (Å²) in [7, 11) is 0. The molecule has 1 aromatic rings. The summed E-state index contributed by atoms with van der Waals surface area (Å²) >= 11 is 0. The van der Waals surface area contributed by atoms with Crippen molar-refractivity contribution in [3.8, 4) is 0 Å². The number of carbonyl (C=O) groups is 1. The van der Waals surface area contributed by atoms with E-state index in [2.05, 4.69) is 19.2 Å². The molecule has 0 aromatic heterocycles. The number of nitrogens with two attached hydrogens (primary N) is 1. The molecule has 0 atom stereocenters. The molecule has 1 amide bonds. The summed E-state index contributed by atoms with van der Waals surface area (Å²) in [6, 6.07) is 8.48. The minimum atomic E-state index is -0.280. The Morgan fingerprint density at radius 1 is 1.39 bits per heavy atom. The Morgan fingerprint density at radius 2 is 2.06 bits per heavy atom. The fourth-order valence-electron chi connectivity index (χ4n) is 2.55. The van der Waals surface area contributed by atoms with Crippen LogP contribution in [0.2, 0.25) is 0 Å². The van der Waals surface area contributed by atoms with Crippen molar-refractivity contribution in [1.29, 1.82) is 0 Å². The molecule has 0 spiro atoms. The van der Waals surface area contributed by atoms with Crippen LogP contribution in [-0.2, 0) is 11.2 Å². The molecule has 0 bridgehead atoms. The van der Waals surface area contributed by atoms with E-state index < -0.39 is 0 Å². The van der Waals surface area contributed by atoms with Crippen LogP contribution in [0.3, 0.4) is 0 Å². The summed E-state index contributed by atoms with van der Waals surface area (Å²) in [4.78, 5) is 11.0. The van der Waals surface area contributed by atoms with Crippen molar-refractivity contribution in [2.75, 3.05) is 5.32 Å². The van der Waals surface area contributed by atoms with Gasteiger partial charge in [0.1, 0.15) is 0 Å². The van der Waals surface area contributed by atoms with Crippen LogP contribution in [-0.4, -0.2) is 11.9 Å². The largest absolute Gasteiger partial charge is 0.382 e. The molecule has 0 radical (unpaired) electrons. The number of rotatable bonds is 5. The van der Waals surface area contributed by atoms with Crippen LogP contribution in [0.1, 0.15) is 32.3 Å². The molecule has 1 fully saturated rings. The SMILES string of the molecule is CC(C)C1CC(Nc2ccccc2CC(N)=O)C1. The van der Waals surface area contributed by atoms with Crippen LogP contribution in [0.4, 0.5) is 5.69 Å². The summed E-state index contributed by atoms with van der Waals surface area (Å²) in [6.07, 6.45) is 2.76. The Hall–Kier alpha value is -1.51. The van der Waals surface area contributed by atoms with Crippen LogP contribution in [0.15, 0.2) is 24.3 Å². The van der Waals surface area contributed by atoms with Crippen molar-refractivity contribution in [3.63, 3.8) is 0 Å². The zero-order valence-electron chi connectivity index (χ0n) is 11.1. The van der Waals surface area contributed by atoms with Gasteiger partial charge in [-0.1, -0.05) is 32.0 Å². The highest BCUT2D eigenvalue weighted by atomic mass is 16.1. The minimum absolute atomic E-state index is 0.280. The molecule has 18 heavy (non-hydrogen) atoms. The van der Waals surface area contributed by atoms with Crippen LogP contribution >= 0.6 is 0 Å². The molecular formula is C15H22N2O. The fraction of sp³-hybridized carbons (Fsp3) is 0.533. The van der Waals surface area contributed by atoms with Gasteiger partial charge >= 0.3 is 0 Å². The van der Waals surface area contributed by atoms with E-state index in [9.17, 15) is 4.79 Å². The lowest BCUT2D eigenvalue weighted by atomic mass is 9.73. The molecule has 0 unspecified atom stereocenters. The Morgan fingerprint density at radius 3 is 2.67 bits per heavy atom. The van der Waals surface area contributed by atoms with Gasteiger partial charge in [-0.3, -0.25) is 4.79 Å². The molecule has 1 aliphatic rings. The van der Waals surface area contributed by atoms with E-state index in [1.54, 1.807) is 0 Å². The van der Waals surface area contributed by atoms with Gasteiger partial charge in [-0.25, -0.2) is 0 Å². The lowest BCUT2D eigenvalue weighted by Gasteiger charge is -2.39. The van der Waals surface area contributed by atoms with Crippen molar-refractivity contribution in [2.45, 2.75) is 39.2 Å². The van der Waals surface area contributed by atoms with Gasteiger partial charge in [-0.15, -0.1) is 0 Å². The lowest BCUT2D eigenvalue weighted by molar-refractivity contribution is -0.117. The van der Waals surface area contributed by atoms with E-state index in [1.165, 1.54) is 12.8 Å². The van der Waals surface area contributed by atoms with Gasteiger partial charge < -0.3 is 11.1 Å². The fourth-order valence-corrected chi connectivity index (χ4v) is 2.55. The molecular weight excluding hydrogens is 224 g/mol. The van der Waals surface area contributed by atoms with Crippen molar-refractivity contribution in [3.05, 3.63) is 29.8 Å². The Bertz CT molecular complexity index is 422. The molecule has 1 aromatic carbocycles. The molecule has 1 aliphatic carbocycles. The topological polar surface area (TPSA) is 55.1 Å². The molecule has 2 rings (SSSR count). The van der Waals surface area contributed by atoms with Crippen LogP contribution in [0.5, 0.6) is 0 Å². The van der Waals surface area contributed by atoms with Crippen LogP contribution < -0.4 is 11.1 Å². The first kappa shape index (κ1) is 12.9. The summed E-state index contributed by atoms with van der Waals surface area (Å²) in [5.74, 6) is 1.33. The molecule has 3 heteroatoms. The zero-order chi connectivity index (χ0) is 13.1. The predicted octanol–water partition coefficient (Wildman–Crippen LogP) is 2.56. The quantitative estimate of drug-likeness (QED) is 0.839. The summed E-state index contributed by atoms with van der Waals surface area (Å²) in [6.45, 7) is 4.56. The van der Waals surface area contributed by atoms with Crippen molar-refractivity contribution >= 4 is 11.6 Å². The summed E-state index contributed by atoms with van der Waals surface area (Å²) < 4.78 is 0. The maximum atomic E-state index is 11.0. The van der Waals surface area contributed by atoms with Gasteiger partial charge in [0.15, 0.2) is 0 Å². The van der Waals surface area contributed by atoms with Gasteiger partial charge in [0.05, 0.1) is 6.42 Å². The highest BCUT2D eigenvalue weighted by Gasteiger charge is 2.31. The second-order valence-corrected chi connectivity index (χ2v) is 5.62. The standard InChI is InChI=1S/C15H22N2O/c1-10(2)12-7-13(8-12)17-14-6-4-3-5-11(14)9-15(16)18/h3-6,10,12-13,17H,7-9H2,1-2H3,(H2,16,18). The molecule has 0 heterocycles. The average Bonchev–Trinajstić information content (AvgIpc) is 2.23. The van der Waals surface area contributed by atoms with Crippen molar-refractivity contribution < 1.29 is 4.79 Å². The Labute approximate surface area is 109 Å². The highest BCUT2D eigenvalue weighted by molar-refractivity contribution is 5.78. The van der Waals surface area contributed by atoms with E-state index in [0.717, 1.165) is 23.1 Å². The number of amides is 1. The number of primary amides is 1. The predicted molar refractivity (Wildman–Crippen MR) is 74.3 cm³/mol. The van der Waals surface area contributed by atoms with Gasteiger partial charge in [-0.05, 0) is 36.3 Å². The molecule has 98 valence electrons. The average molecular weight is 246 g/mol. The molecule has 1 saturated carbocycles. The lowest BCUT2D eigenvalue weighted by Crippen LogP contribution is -2.38. The van der Waals surface area contributed by atoms with E-state index in [1.807, 2.05) is 24.3 Å². The first-order valence-electron chi connectivity index (χ1n) is 6.69. The normalized spacial score (nSPS) is 22.6. The maximum absolute atomic E-state index is 11.0. The van der Waals surface area contributed by atoms with Crippen LogP contribution in [0.25, 0.3) is 0 Å². The first-order valence-corrected chi connectivity index (χ1v) is 6.69. The van der Waals surface area contributed by atoms with Crippen LogP contribution in [0, 0.1) is 11.8 Å². The third-order valence-corrected chi connectivity index (χ3v) is 3.86. The smallest absolute Gasteiger partial charge is 0.221 e. The Balaban J connectivity index is 1.96. The third-order valence-electron chi connectivity index (χ3n) is 3.86. The molecule has 3 N–H and O–H groups in total. The monoisotopic (exact) mass is 246 g/mol. The van der Waals surface area contributed by atoms with Gasteiger partial charge in [0.2, 0.25) is 5.91 Å². The first-order chi connectivity index (χ1) is 8.56. The number of para-hydroxylation sites is 1. The second-order valence-electron chi connectivity index (χ2n) is 5.62. The van der Waals surface area contributed by atoms with Crippen molar-refractivity contribution in [1.82, 2.24) is 0 Å². The summed E-state index contributed by atoms with van der Waals surface area (Å²) in [5, 5.41) is 3.53. The second kappa shape index (κ2) is 5.42. The molecule has 0 saturated heterocycles. The van der Waals surface area contributed by atoms with E-state index >= 15 is 0 Å². The minimum Gasteiger partial charge on any atom is -0.382 e. The molecule has 0 aliphatic heterocycles. The number of nitrogens with one attached hydrogen (secondary N) is 1. The van der Waals surface area contributed by atoms with E-state index in [0.29, 0.717) is 12.5 Å². The van der Waals surface area contributed by atoms with E-state index in [4.69, 9.17) is 5.73 Å². The third kappa shape index (κ3) is 3.03. The molecule has 3 nitrogen and oxygen atoms in total. The number of carbonyl (C=O) groups excluding carboxylic acids is 1. The maximum Gasteiger partial charge on any atom is 0.221 e. The van der Waals surface area contributed by atoms with Gasteiger partial charge in [-0.2, -0.15) is 0 Å². The van der Waals surface area contributed by atoms with Crippen molar-refractivity contribution in [2.24, 2.45) is 17.6 Å². The number of benzene rings is 1. The number of anilines is 1.